The Labute approximate surface area is 91.9 Å². The Bertz CT molecular complexity index is 547. The van der Waals surface area contributed by atoms with Gasteiger partial charge >= 0.3 is 5.97 Å². The van der Waals surface area contributed by atoms with Gasteiger partial charge in [0.1, 0.15) is 11.4 Å². The third kappa shape index (κ3) is 1.48. The Balaban J connectivity index is 2.76. The maximum absolute atomic E-state index is 11.0. The fourth-order valence-electron chi connectivity index (χ4n) is 1.52. The van der Waals surface area contributed by atoms with Crippen molar-refractivity contribution in [1.82, 2.24) is 14.6 Å². The van der Waals surface area contributed by atoms with Crippen molar-refractivity contribution >= 4 is 17.4 Å². The van der Waals surface area contributed by atoms with Gasteiger partial charge in [-0.3, -0.25) is 0 Å². The summed E-state index contributed by atoms with van der Waals surface area (Å²) in [5, 5.41) is 15.9. The van der Waals surface area contributed by atoms with Crippen molar-refractivity contribution in [3.05, 3.63) is 23.5 Å². The zero-order valence-corrected chi connectivity index (χ0v) is 9.06. The molecule has 6 nitrogen and oxygen atoms in total. The summed E-state index contributed by atoms with van der Waals surface area (Å²) in [7, 11) is 1.76. The molecular weight excluding hydrogens is 208 g/mol. The van der Waals surface area contributed by atoms with E-state index < -0.39 is 5.97 Å². The molecule has 16 heavy (non-hydrogen) atoms. The Morgan fingerprint density at radius 2 is 2.38 bits per heavy atom. The molecule has 0 bridgehead atoms. The molecule has 0 unspecified atom stereocenters. The number of nitrogens with zero attached hydrogens (tertiary/aromatic N) is 3. The number of rotatable bonds is 3. The van der Waals surface area contributed by atoms with Gasteiger partial charge in [-0.15, -0.1) is 0 Å². The number of aromatic nitrogens is 3. The van der Waals surface area contributed by atoms with Crippen molar-refractivity contribution in [3.63, 3.8) is 0 Å². The van der Waals surface area contributed by atoms with Crippen molar-refractivity contribution in [1.29, 1.82) is 0 Å². The summed E-state index contributed by atoms with van der Waals surface area (Å²) >= 11 is 0. The summed E-state index contributed by atoms with van der Waals surface area (Å²) in [4.78, 5) is 15.2. The Morgan fingerprint density at radius 1 is 1.62 bits per heavy atom. The Hall–Kier alpha value is -2.11. The number of hydrogen-bond acceptors (Lipinski definition) is 4. The third-order valence-electron chi connectivity index (χ3n) is 2.37. The summed E-state index contributed by atoms with van der Waals surface area (Å²) in [5.41, 5.74) is 1.32. The molecule has 0 spiro atoms. The van der Waals surface area contributed by atoms with Gasteiger partial charge in [0, 0.05) is 18.8 Å². The van der Waals surface area contributed by atoms with Gasteiger partial charge in [-0.05, 0) is 6.42 Å². The summed E-state index contributed by atoms with van der Waals surface area (Å²) in [6.45, 7) is 1.97. The maximum atomic E-state index is 11.0. The van der Waals surface area contributed by atoms with Crippen molar-refractivity contribution in [3.8, 4) is 0 Å². The van der Waals surface area contributed by atoms with Gasteiger partial charge in [-0.1, -0.05) is 6.92 Å². The number of hydrogen-bond donors (Lipinski definition) is 2. The molecule has 0 fully saturated rings. The van der Waals surface area contributed by atoms with E-state index in [1.807, 2.05) is 13.0 Å². The van der Waals surface area contributed by atoms with Crippen molar-refractivity contribution < 1.29 is 9.90 Å². The van der Waals surface area contributed by atoms with Gasteiger partial charge in [-0.2, -0.15) is 9.61 Å². The molecule has 0 aromatic carbocycles. The Morgan fingerprint density at radius 3 is 2.94 bits per heavy atom. The van der Waals surface area contributed by atoms with Crippen LogP contribution in [-0.2, 0) is 6.42 Å². The van der Waals surface area contributed by atoms with Crippen LogP contribution in [0.2, 0.25) is 0 Å². The number of carboxylic acid groups (broad SMARTS) is 1. The lowest BCUT2D eigenvalue weighted by Gasteiger charge is -2.05. The van der Waals surface area contributed by atoms with Crippen molar-refractivity contribution in [2.24, 2.45) is 0 Å². The largest absolute Gasteiger partial charge is 0.477 e. The molecule has 2 N–H and O–H groups in total. The zero-order valence-electron chi connectivity index (χ0n) is 9.06. The standard InChI is InChI=1S/C10H12N4O2/c1-3-6-4-8(11-2)14-9(13-6)7(5-12-14)10(15)16/h4-5,11H,3H2,1-2H3,(H,15,16). The lowest BCUT2D eigenvalue weighted by atomic mass is 10.3. The highest BCUT2D eigenvalue weighted by Crippen LogP contribution is 2.16. The first kappa shape index (κ1) is 10.4. The molecule has 0 amide bonds. The number of aromatic carboxylic acids is 1. The van der Waals surface area contributed by atoms with Gasteiger partial charge in [0.25, 0.3) is 0 Å². The quantitative estimate of drug-likeness (QED) is 0.807. The maximum Gasteiger partial charge on any atom is 0.341 e. The van der Waals surface area contributed by atoms with E-state index in [1.54, 1.807) is 7.05 Å². The number of carboxylic acids is 1. The minimum absolute atomic E-state index is 0.117. The summed E-state index contributed by atoms with van der Waals surface area (Å²) in [5.74, 6) is -0.285. The lowest BCUT2D eigenvalue weighted by molar-refractivity contribution is 0.0699. The van der Waals surface area contributed by atoms with Crippen molar-refractivity contribution in [2.45, 2.75) is 13.3 Å². The third-order valence-corrected chi connectivity index (χ3v) is 2.37. The lowest BCUT2D eigenvalue weighted by Crippen LogP contribution is -2.05. The van der Waals surface area contributed by atoms with E-state index in [1.165, 1.54) is 10.7 Å². The van der Waals surface area contributed by atoms with Gasteiger partial charge in [0.05, 0.1) is 6.20 Å². The van der Waals surface area contributed by atoms with E-state index in [-0.39, 0.29) is 5.56 Å². The fraction of sp³-hybridized carbons (Fsp3) is 0.300. The minimum atomic E-state index is -1.02. The number of nitrogens with one attached hydrogen (secondary N) is 1. The topological polar surface area (TPSA) is 79.5 Å². The second-order valence-electron chi connectivity index (χ2n) is 3.34. The number of anilines is 1. The molecular formula is C10H12N4O2. The van der Waals surface area contributed by atoms with E-state index in [0.717, 1.165) is 17.9 Å². The first-order chi connectivity index (χ1) is 7.67. The monoisotopic (exact) mass is 220 g/mol. The van der Waals surface area contributed by atoms with Gasteiger partial charge in [-0.25, -0.2) is 9.78 Å². The number of fused-ring (bicyclic) bond motifs is 1. The molecule has 2 rings (SSSR count). The predicted octanol–water partition coefficient (Wildman–Crippen LogP) is 1.03. The van der Waals surface area contributed by atoms with E-state index >= 15 is 0 Å². The van der Waals surface area contributed by atoms with E-state index in [4.69, 9.17) is 5.11 Å². The molecule has 2 aromatic heterocycles. The van der Waals surface area contributed by atoms with Gasteiger partial charge < -0.3 is 10.4 Å². The average molecular weight is 220 g/mol. The molecule has 0 saturated heterocycles. The molecule has 0 saturated carbocycles. The van der Waals surface area contributed by atoms with Crippen LogP contribution in [0, 0.1) is 0 Å². The predicted molar refractivity (Wildman–Crippen MR) is 58.9 cm³/mol. The molecule has 2 aromatic rings. The second-order valence-corrected chi connectivity index (χ2v) is 3.34. The van der Waals surface area contributed by atoms with Crippen LogP contribution in [0.5, 0.6) is 0 Å². The second kappa shape index (κ2) is 3.80. The normalized spacial score (nSPS) is 10.6. The van der Waals surface area contributed by atoms with Crippen LogP contribution in [0.4, 0.5) is 5.82 Å². The van der Waals surface area contributed by atoms with Crippen molar-refractivity contribution in [2.75, 3.05) is 12.4 Å². The van der Waals surface area contributed by atoms with Crippen LogP contribution in [0.15, 0.2) is 12.3 Å². The molecule has 0 radical (unpaired) electrons. The molecule has 0 aliphatic heterocycles. The van der Waals surface area contributed by atoms with Gasteiger partial charge in [0.2, 0.25) is 0 Å². The SMILES string of the molecule is CCc1cc(NC)n2ncc(C(=O)O)c2n1. The highest BCUT2D eigenvalue weighted by molar-refractivity contribution is 5.94. The first-order valence-corrected chi connectivity index (χ1v) is 4.96. The fourth-order valence-corrected chi connectivity index (χ4v) is 1.52. The molecule has 6 heteroatoms. The summed E-state index contributed by atoms with van der Waals surface area (Å²) in [6, 6.07) is 1.85. The minimum Gasteiger partial charge on any atom is -0.477 e. The van der Waals surface area contributed by atoms with Crippen LogP contribution in [-0.4, -0.2) is 32.7 Å². The number of carbonyl (C=O) groups is 1. The van der Waals surface area contributed by atoms with Crippen LogP contribution in [0.3, 0.4) is 0 Å². The molecule has 0 aliphatic rings. The average Bonchev–Trinajstić information content (AvgIpc) is 2.71. The van der Waals surface area contributed by atoms with Crippen LogP contribution < -0.4 is 5.32 Å². The Kier molecular flexibility index (Phi) is 2.47. The summed E-state index contributed by atoms with van der Waals surface area (Å²) in [6.07, 6.45) is 2.06. The highest BCUT2D eigenvalue weighted by atomic mass is 16.4. The molecule has 0 atom stereocenters. The van der Waals surface area contributed by atoms with Gasteiger partial charge in [0.15, 0.2) is 5.65 Å². The van der Waals surface area contributed by atoms with E-state index in [0.29, 0.717) is 5.65 Å². The van der Waals surface area contributed by atoms with E-state index in [2.05, 4.69) is 15.4 Å². The number of aryl methyl sites for hydroxylation is 1. The molecule has 2 heterocycles. The highest BCUT2D eigenvalue weighted by Gasteiger charge is 2.15. The smallest absolute Gasteiger partial charge is 0.341 e. The first-order valence-electron chi connectivity index (χ1n) is 4.96. The summed E-state index contributed by atoms with van der Waals surface area (Å²) < 4.78 is 1.49. The molecule has 0 aliphatic carbocycles. The van der Waals surface area contributed by atoms with Crippen LogP contribution >= 0.6 is 0 Å². The zero-order chi connectivity index (χ0) is 11.7. The van der Waals surface area contributed by atoms with E-state index in [9.17, 15) is 4.79 Å². The van der Waals surface area contributed by atoms with Crippen LogP contribution in [0.25, 0.3) is 5.65 Å². The molecule has 84 valence electrons. The van der Waals surface area contributed by atoms with Crippen LogP contribution in [0.1, 0.15) is 23.0 Å².